The van der Waals surface area contributed by atoms with Gasteiger partial charge in [0.15, 0.2) is 0 Å². The summed E-state index contributed by atoms with van der Waals surface area (Å²) in [6, 6.07) is 19.9. The molecule has 0 spiro atoms. The van der Waals surface area contributed by atoms with E-state index in [1.165, 1.54) is 0 Å². The molecule has 2 rings (SSSR count). The second kappa shape index (κ2) is 6.18. The summed E-state index contributed by atoms with van der Waals surface area (Å²) in [5, 5.41) is 10.4. The van der Waals surface area contributed by atoms with E-state index in [1.807, 2.05) is 60.7 Å². The predicted octanol–water partition coefficient (Wildman–Crippen LogP) is 4.21. The van der Waals surface area contributed by atoms with Crippen molar-refractivity contribution in [2.75, 3.05) is 0 Å². The van der Waals surface area contributed by atoms with Crippen LogP contribution in [-0.2, 0) is 0 Å². The van der Waals surface area contributed by atoms with Gasteiger partial charge in [0.25, 0.3) is 0 Å². The Morgan fingerprint density at radius 1 is 1.00 bits per heavy atom. The molecule has 2 aromatic carbocycles. The van der Waals surface area contributed by atoms with Crippen molar-refractivity contribution < 1.29 is 5.11 Å². The van der Waals surface area contributed by atoms with Crippen LogP contribution < -0.4 is 0 Å². The summed E-state index contributed by atoms with van der Waals surface area (Å²) in [5.74, 6) is 0. The van der Waals surface area contributed by atoms with Crippen LogP contribution in [0.4, 0.5) is 0 Å². The van der Waals surface area contributed by atoms with Gasteiger partial charge in [0, 0.05) is 0 Å². The number of aliphatic hydroxyl groups is 1. The van der Waals surface area contributed by atoms with Crippen molar-refractivity contribution in [3.63, 3.8) is 0 Å². The summed E-state index contributed by atoms with van der Waals surface area (Å²) < 4.78 is 0. The normalized spacial score (nSPS) is 13.3. The fourth-order valence-electron chi connectivity index (χ4n) is 1.99. The molecule has 1 heteroatoms. The van der Waals surface area contributed by atoms with Crippen molar-refractivity contribution in [3.05, 3.63) is 77.4 Å². The molecular formula is C17H18O. The average Bonchev–Trinajstić information content (AvgIpc) is 2.46. The zero-order valence-corrected chi connectivity index (χ0v) is 10.6. The quantitative estimate of drug-likeness (QED) is 0.845. The van der Waals surface area contributed by atoms with Crippen molar-refractivity contribution in [2.45, 2.75) is 19.4 Å². The van der Waals surface area contributed by atoms with Gasteiger partial charge in [0.05, 0.1) is 0 Å². The highest BCUT2D eigenvalue weighted by Gasteiger charge is 2.11. The lowest BCUT2D eigenvalue weighted by Crippen LogP contribution is -2.00. The Bertz CT molecular complexity index is 500. The van der Waals surface area contributed by atoms with E-state index in [0.29, 0.717) is 0 Å². The third kappa shape index (κ3) is 3.08. The van der Waals surface area contributed by atoms with E-state index in [9.17, 15) is 5.11 Å². The van der Waals surface area contributed by atoms with Crippen molar-refractivity contribution in [2.24, 2.45) is 0 Å². The van der Waals surface area contributed by atoms with E-state index in [-0.39, 0.29) is 0 Å². The second-order valence-corrected chi connectivity index (χ2v) is 4.30. The van der Waals surface area contributed by atoms with Gasteiger partial charge in [-0.1, -0.05) is 73.7 Å². The molecule has 1 N–H and O–H groups in total. The first kappa shape index (κ1) is 12.6. The van der Waals surface area contributed by atoms with Crippen LogP contribution in [0.5, 0.6) is 0 Å². The zero-order chi connectivity index (χ0) is 12.8. The molecule has 2 aromatic rings. The van der Waals surface area contributed by atoms with Gasteiger partial charge < -0.3 is 5.11 Å². The van der Waals surface area contributed by atoms with Gasteiger partial charge in [0.1, 0.15) is 6.10 Å². The highest BCUT2D eigenvalue weighted by atomic mass is 16.3. The molecule has 1 atom stereocenters. The smallest absolute Gasteiger partial charge is 0.100 e. The molecule has 92 valence electrons. The second-order valence-electron chi connectivity index (χ2n) is 4.30. The monoisotopic (exact) mass is 238 g/mol. The lowest BCUT2D eigenvalue weighted by atomic mass is 9.97. The topological polar surface area (TPSA) is 20.2 Å². The summed E-state index contributed by atoms with van der Waals surface area (Å²) in [4.78, 5) is 0. The Labute approximate surface area is 108 Å². The van der Waals surface area contributed by atoms with Gasteiger partial charge in [-0.15, -0.1) is 0 Å². The van der Waals surface area contributed by atoms with E-state index < -0.39 is 6.10 Å². The molecule has 0 saturated carbocycles. The Hall–Kier alpha value is -1.86. The van der Waals surface area contributed by atoms with E-state index in [1.54, 1.807) is 0 Å². The lowest BCUT2D eigenvalue weighted by molar-refractivity contribution is 0.213. The number of rotatable bonds is 4. The van der Waals surface area contributed by atoms with Crippen LogP contribution in [0.3, 0.4) is 0 Å². The molecule has 0 aliphatic carbocycles. The first-order valence-corrected chi connectivity index (χ1v) is 6.29. The maximum Gasteiger partial charge on any atom is 0.100 e. The largest absolute Gasteiger partial charge is 0.384 e. The van der Waals surface area contributed by atoms with Crippen LogP contribution >= 0.6 is 0 Å². The number of hydrogen-bond acceptors (Lipinski definition) is 1. The van der Waals surface area contributed by atoms with Gasteiger partial charge in [-0.2, -0.15) is 0 Å². The third-order valence-electron chi connectivity index (χ3n) is 3.03. The minimum absolute atomic E-state index is 0.517. The van der Waals surface area contributed by atoms with Crippen LogP contribution in [0.15, 0.2) is 66.2 Å². The highest BCUT2D eigenvalue weighted by Crippen LogP contribution is 2.25. The first-order chi connectivity index (χ1) is 8.81. The Balaban J connectivity index is 2.27. The Kier molecular flexibility index (Phi) is 4.32. The SMILES string of the molecule is CCC(=Cc1ccccc1)C(O)c1ccccc1. The van der Waals surface area contributed by atoms with Crippen LogP contribution in [0, 0.1) is 0 Å². The summed E-state index contributed by atoms with van der Waals surface area (Å²) in [5.41, 5.74) is 3.11. The van der Waals surface area contributed by atoms with Gasteiger partial charge in [0.2, 0.25) is 0 Å². The lowest BCUT2D eigenvalue weighted by Gasteiger charge is -2.14. The summed E-state index contributed by atoms with van der Waals surface area (Å²) in [6.45, 7) is 2.07. The van der Waals surface area contributed by atoms with E-state index in [4.69, 9.17) is 0 Å². The molecule has 0 aromatic heterocycles. The molecular weight excluding hydrogens is 220 g/mol. The molecule has 0 bridgehead atoms. The van der Waals surface area contributed by atoms with E-state index >= 15 is 0 Å². The molecule has 0 aliphatic heterocycles. The minimum Gasteiger partial charge on any atom is -0.384 e. The molecule has 0 radical (unpaired) electrons. The molecule has 0 amide bonds. The third-order valence-corrected chi connectivity index (χ3v) is 3.03. The van der Waals surface area contributed by atoms with E-state index in [2.05, 4.69) is 13.0 Å². The maximum absolute atomic E-state index is 10.4. The number of benzene rings is 2. The molecule has 0 fully saturated rings. The molecule has 0 heterocycles. The van der Waals surface area contributed by atoms with Crippen LogP contribution in [0.1, 0.15) is 30.6 Å². The number of aliphatic hydroxyl groups excluding tert-OH is 1. The Morgan fingerprint density at radius 2 is 1.56 bits per heavy atom. The Morgan fingerprint density at radius 3 is 2.11 bits per heavy atom. The van der Waals surface area contributed by atoms with Gasteiger partial charge in [-0.25, -0.2) is 0 Å². The van der Waals surface area contributed by atoms with Crippen molar-refractivity contribution in [1.82, 2.24) is 0 Å². The number of hydrogen-bond donors (Lipinski definition) is 1. The summed E-state index contributed by atoms with van der Waals surface area (Å²) >= 11 is 0. The van der Waals surface area contributed by atoms with Crippen LogP contribution in [-0.4, -0.2) is 5.11 Å². The zero-order valence-electron chi connectivity index (χ0n) is 10.6. The summed E-state index contributed by atoms with van der Waals surface area (Å²) in [7, 11) is 0. The fraction of sp³-hybridized carbons (Fsp3) is 0.176. The minimum atomic E-state index is -0.517. The highest BCUT2D eigenvalue weighted by molar-refractivity contribution is 5.54. The van der Waals surface area contributed by atoms with Crippen molar-refractivity contribution in [1.29, 1.82) is 0 Å². The van der Waals surface area contributed by atoms with Crippen LogP contribution in [0.2, 0.25) is 0 Å². The maximum atomic E-state index is 10.4. The molecule has 1 unspecified atom stereocenters. The van der Waals surface area contributed by atoms with Gasteiger partial charge in [-0.3, -0.25) is 0 Å². The standard InChI is InChI=1S/C17H18O/c1-2-15(13-14-9-5-3-6-10-14)17(18)16-11-7-4-8-12-16/h3-13,17-18H,2H2,1H3. The predicted molar refractivity (Wildman–Crippen MR) is 76.1 cm³/mol. The fourth-order valence-corrected chi connectivity index (χ4v) is 1.99. The molecule has 0 saturated heterocycles. The van der Waals surface area contributed by atoms with Crippen LogP contribution in [0.25, 0.3) is 6.08 Å². The molecule has 1 nitrogen and oxygen atoms in total. The van der Waals surface area contributed by atoms with Crippen molar-refractivity contribution >= 4 is 6.08 Å². The molecule has 0 aliphatic rings. The van der Waals surface area contributed by atoms with E-state index in [0.717, 1.165) is 23.1 Å². The summed E-state index contributed by atoms with van der Waals surface area (Å²) in [6.07, 6.45) is 2.39. The molecule has 18 heavy (non-hydrogen) atoms. The van der Waals surface area contributed by atoms with Gasteiger partial charge in [-0.05, 0) is 23.1 Å². The average molecular weight is 238 g/mol. The van der Waals surface area contributed by atoms with Gasteiger partial charge >= 0.3 is 0 Å². The first-order valence-electron chi connectivity index (χ1n) is 6.29. The van der Waals surface area contributed by atoms with Crippen molar-refractivity contribution in [3.8, 4) is 0 Å².